The van der Waals surface area contributed by atoms with Gasteiger partial charge in [-0.3, -0.25) is 9.59 Å². The molecule has 0 saturated carbocycles. The van der Waals surface area contributed by atoms with Crippen LogP contribution < -0.4 is 5.32 Å². The van der Waals surface area contributed by atoms with Gasteiger partial charge >= 0.3 is 0 Å². The Balaban J connectivity index is 2.70. The van der Waals surface area contributed by atoms with E-state index in [2.05, 4.69) is 5.32 Å². The van der Waals surface area contributed by atoms with Crippen molar-refractivity contribution in [2.45, 2.75) is 0 Å². The number of carbonyl (C=O) groups excluding carboxylic acids is 2. The van der Waals surface area contributed by atoms with Gasteiger partial charge < -0.3 is 5.32 Å². The Morgan fingerprint density at radius 2 is 1.93 bits per heavy atom. The van der Waals surface area contributed by atoms with Gasteiger partial charge in [0, 0.05) is 0 Å². The predicted octanol–water partition coefficient (Wildman–Crippen LogP) is 1.84. The highest BCUT2D eigenvalue weighted by atomic mass is 35.5. The Kier molecular flexibility index (Phi) is 3.92. The number of benzene rings is 1. The van der Waals surface area contributed by atoms with Crippen LogP contribution in [0, 0.1) is 0 Å². The fourth-order valence-corrected chi connectivity index (χ4v) is 1.18. The second-order valence-corrected chi connectivity index (χ2v) is 3.35. The Bertz CT molecular complexity index is 366. The third-order valence-corrected chi connectivity index (χ3v) is 1.97. The maximum absolute atomic E-state index is 11.4. The van der Waals surface area contributed by atoms with Crippen molar-refractivity contribution in [1.29, 1.82) is 0 Å². The van der Waals surface area contributed by atoms with Crippen molar-refractivity contribution in [3.8, 4) is 0 Å². The van der Waals surface area contributed by atoms with Gasteiger partial charge in [0.05, 0.1) is 17.1 Å². The molecule has 14 heavy (non-hydrogen) atoms. The smallest absolute Gasteiger partial charge is 0.253 e. The normalized spacial score (nSPS) is 9.57. The zero-order valence-corrected chi connectivity index (χ0v) is 8.60. The van der Waals surface area contributed by atoms with E-state index in [1.807, 2.05) is 0 Å². The molecule has 1 rings (SSSR count). The molecule has 0 aliphatic heterocycles. The molecule has 3 nitrogen and oxygen atoms in total. The van der Waals surface area contributed by atoms with E-state index in [1.165, 1.54) is 0 Å². The summed E-state index contributed by atoms with van der Waals surface area (Å²) in [6.45, 7) is -0.203. The van der Waals surface area contributed by atoms with E-state index >= 15 is 0 Å². The maximum atomic E-state index is 11.4. The van der Waals surface area contributed by atoms with E-state index in [9.17, 15) is 9.59 Å². The van der Waals surface area contributed by atoms with Gasteiger partial charge in [-0.15, -0.1) is 0 Å². The van der Waals surface area contributed by atoms with Crippen LogP contribution in [0.3, 0.4) is 0 Å². The van der Waals surface area contributed by atoms with E-state index < -0.39 is 11.1 Å². The summed E-state index contributed by atoms with van der Waals surface area (Å²) < 4.78 is 0. The summed E-state index contributed by atoms with van der Waals surface area (Å²) in [4.78, 5) is 21.7. The van der Waals surface area contributed by atoms with Crippen molar-refractivity contribution in [1.82, 2.24) is 5.32 Å². The lowest BCUT2D eigenvalue weighted by Crippen LogP contribution is -2.27. The van der Waals surface area contributed by atoms with Gasteiger partial charge in [-0.25, -0.2) is 0 Å². The van der Waals surface area contributed by atoms with Crippen LogP contribution in [0.4, 0.5) is 0 Å². The summed E-state index contributed by atoms with van der Waals surface area (Å²) >= 11 is 10.8. The number of nitrogens with one attached hydrogen (secondary N) is 1. The van der Waals surface area contributed by atoms with Crippen LogP contribution in [-0.2, 0) is 4.79 Å². The van der Waals surface area contributed by atoms with E-state index in [1.54, 1.807) is 24.3 Å². The lowest BCUT2D eigenvalue weighted by atomic mass is 10.2. The largest absolute Gasteiger partial charge is 0.344 e. The molecule has 0 aliphatic carbocycles. The molecule has 1 N–H and O–H groups in total. The van der Waals surface area contributed by atoms with Crippen LogP contribution in [0.5, 0.6) is 0 Å². The molecular weight excluding hydrogens is 225 g/mol. The van der Waals surface area contributed by atoms with Crippen LogP contribution in [0.1, 0.15) is 10.4 Å². The Labute approximate surface area is 91.0 Å². The molecule has 0 aromatic heterocycles. The van der Waals surface area contributed by atoms with Gasteiger partial charge in [-0.1, -0.05) is 23.7 Å². The summed E-state index contributed by atoms with van der Waals surface area (Å²) in [6.07, 6.45) is 0. The lowest BCUT2D eigenvalue weighted by molar-refractivity contribution is -0.110. The number of carbonyl (C=O) groups is 2. The van der Waals surface area contributed by atoms with Crippen molar-refractivity contribution in [2.24, 2.45) is 0 Å². The molecule has 1 aromatic carbocycles. The van der Waals surface area contributed by atoms with Gasteiger partial charge in [0.2, 0.25) is 5.24 Å². The first-order valence-corrected chi connectivity index (χ1v) is 4.58. The minimum atomic E-state index is -0.620. The Hall–Kier alpha value is -1.06. The standard InChI is InChI=1S/C9H7Cl2NO2/c10-7-4-2-1-3-6(7)9(14)12-5-8(11)13/h1-4H,5H2,(H,12,14). The number of halogens is 2. The van der Waals surface area contributed by atoms with Gasteiger partial charge in [0.15, 0.2) is 0 Å². The van der Waals surface area contributed by atoms with Crippen molar-refractivity contribution in [3.63, 3.8) is 0 Å². The fourth-order valence-electron chi connectivity index (χ4n) is 0.890. The second kappa shape index (κ2) is 4.98. The predicted molar refractivity (Wildman–Crippen MR) is 54.6 cm³/mol. The lowest BCUT2D eigenvalue weighted by Gasteiger charge is -2.03. The first-order valence-electron chi connectivity index (χ1n) is 3.82. The van der Waals surface area contributed by atoms with Crippen LogP contribution in [-0.4, -0.2) is 17.7 Å². The molecular formula is C9H7Cl2NO2. The molecule has 0 unspecified atom stereocenters. The molecule has 0 radical (unpaired) electrons. The van der Waals surface area contributed by atoms with Crippen LogP contribution in [0.2, 0.25) is 5.02 Å². The molecule has 1 aromatic rings. The highest BCUT2D eigenvalue weighted by Gasteiger charge is 2.09. The number of rotatable bonds is 3. The highest BCUT2D eigenvalue weighted by Crippen LogP contribution is 2.14. The minimum absolute atomic E-state index is 0.203. The molecule has 0 bridgehead atoms. The van der Waals surface area contributed by atoms with Crippen molar-refractivity contribution >= 4 is 34.4 Å². The molecule has 0 heterocycles. The van der Waals surface area contributed by atoms with Crippen molar-refractivity contribution in [3.05, 3.63) is 34.9 Å². The SMILES string of the molecule is O=C(Cl)CNC(=O)c1ccccc1Cl. The summed E-state index contributed by atoms with van der Waals surface area (Å²) in [5.74, 6) is -0.412. The fraction of sp³-hybridized carbons (Fsp3) is 0.111. The third-order valence-electron chi connectivity index (χ3n) is 1.51. The minimum Gasteiger partial charge on any atom is -0.344 e. The first-order chi connectivity index (χ1) is 6.61. The van der Waals surface area contributed by atoms with Gasteiger partial charge in [-0.05, 0) is 23.7 Å². The quantitative estimate of drug-likeness (QED) is 0.808. The average molecular weight is 232 g/mol. The first kappa shape index (κ1) is 11.0. The van der Waals surface area contributed by atoms with E-state index in [-0.39, 0.29) is 6.54 Å². The molecule has 0 atom stereocenters. The zero-order valence-electron chi connectivity index (χ0n) is 7.09. The summed E-state index contributed by atoms with van der Waals surface area (Å²) in [7, 11) is 0. The second-order valence-electron chi connectivity index (χ2n) is 2.52. The molecule has 0 spiro atoms. The van der Waals surface area contributed by atoms with Gasteiger partial charge in [-0.2, -0.15) is 0 Å². The molecule has 0 aliphatic rings. The average Bonchev–Trinajstić information content (AvgIpc) is 2.15. The van der Waals surface area contributed by atoms with E-state index in [0.717, 1.165) is 0 Å². The maximum Gasteiger partial charge on any atom is 0.253 e. The number of hydrogen-bond acceptors (Lipinski definition) is 2. The number of hydrogen-bond donors (Lipinski definition) is 1. The Morgan fingerprint density at radius 3 is 2.50 bits per heavy atom. The van der Waals surface area contributed by atoms with Crippen LogP contribution in [0.15, 0.2) is 24.3 Å². The molecule has 0 fully saturated rings. The van der Waals surface area contributed by atoms with Gasteiger partial charge in [0.1, 0.15) is 0 Å². The van der Waals surface area contributed by atoms with E-state index in [0.29, 0.717) is 10.6 Å². The van der Waals surface area contributed by atoms with Crippen LogP contribution >= 0.6 is 23.2 Å². The van der Waals surface area contributed by atoms with Crippen molar-refractivity contribution < 1.29 is 9.59 Å². The summed E-state index contributed by atoms with van der Waals surface area (Å²) in [6, 6.07) is 6.56. The summed E-state index contributed by atoms with van der Waals surface area (Å²) in [5.41, 5.74) is 0.326. The Morgan fingerprint density at radius 1 is 1.29 bits per heavy atom. The topological polar surface area (TPSA) is 46.2 Å². The monoisotopic (exact) mass is 231 g/mol. The molecule has 74 valence electrons. The highest BCUT2D eigenvalue weighted by molar-refractivity contribution is 6.64. The number of amides is 1. The zero-order chi connectivity index (χ0) is 10.6. The van der Waals surface area contributed by atoms with Crippen LogP contribution in [0.25, 0.3) is 0 Å². The third kappa shape index (κ3) is 3.01. The molecule has 0 saturated heterocycles. The van der Waals surface area contributed by atoms with Crippen molar-refractivity contribution in [2.75, 3.05) is 6.54 Å². The van der Waals surface area contributed by atoms with E-state index in [4.69, 9.17) is 23.2 Å². The molecule has 5 heteroatoms. The van der Waals surface area contributed by atoms with Gasteiger partial charge in [0.25, 0.3) is 5.91 Å². The summed E-state index contributed by atoms with van der Waals surface area (Å²) in [5, 5.41) is 2.05. The molecule has 1 amide bonds.